The number of imidazole rings is 1. The van der Waals surface area contributed by atoms with E-state index in [9.17, 15) is 13.6 Å². The standard InChI is InChI=1S/C11H16F2N4O/c1-16-4-3-14-9(16)6-17(2)10(18)8-5-11(12,13)7-15-8/h3-4,8,15H,5-7H2,1-2H3. The van der Waals surface area contributed by atoms with Gasteiger partial charge in [-0.25, -0.2) is 13.8 Å². The predicted octanol–water partition coefficient (Wildman–Crippen LogP) is 0.376. The maximum atomic E-state index is 13.0. The summed E-state index contributed by atoms with van der Waals surface area (Å²) < 4.78 is 27.8. The van der Waals surface area contributed by atoms with E-state index in [1.807, 2.05) is 7.05 Å². The SMILES string of the molecule is CN(Cc1nccn1C)C(=O)C1CC(F)(F)CN1. The van der Waals surface area contributed by atoms with Crippen LogP contribution in [-0.4, -0.2) is 45.9 Å². The zero-order chi connectivity index (χ0) is 13.3. The lowest BCUT2D eigenvalue weighted by Crippen LogP contribution is -2.41. The maximum Gasteiger partial charge on any atom is 0.262 e. The van der Waals surface area contributed by atoms with Crippen LogP contribution in [0.2, 0.25) is 0 Å². The predicted molar refractivity (Wildman–Crippen MR) is 61.0 cm³/mol. The molecule has 0 bridgehead atoms. The number of hydrogen-bond donors (Lipinski definition) is 1. The van der Waals surface area contributed by atoms with Gasteiger partial charge in [0.25, 0.3) is 5.92 Å². The summed E-state index contributed by atoms with van der Waals surface area (Å²) in [4.78, 5) is 17.5. The highest BCUT2D eigenvalue weighted by atomic mass is 19.3. The Labute approximate surface area is 104 Å². The van der Waals surface area contributed by atoms with Crippen molar-refractivity contribution in [3.8, 4) is 0 Å². The van der Waals surface area contributed by atoms with E-state index >= 15 is 0 Å². The number of hydrogen-bond acceptors (Lipinski definition) is 3. The van der Waals surface area contributed by atoms with Crippen molar-refractivity contribution in [3.05, 3.63) is 18.2 Å². The molecule has 0 saturated carbocycles. The Morgan fingerprint density at radius 2 is 2.44 bits per heavy atom. The Kier molecular flexibility index (Phi) is 3.34. The largest absolute Gasteiger partial charge is 0.337 e. The number of carbonyl (C=O) groups excluding carboxylic acids is 1. The molecule has 1 aliphatic rings. The lowest BCUT2D eigenvalue weighted by molar-refractivity contribution is -0.133. The second-order valence-corrected chi connectivity index (χ2v) is 4.64. The first-order valence-corrected chi connectivity index (χ1v) is 5.71. The van der Waals surface area contributed by atoms with Crippen LogP contribution >= 0.6 is 0 Å². The second-order valence-electron chi connectivity index (χ2n) is 4.64. The highest BCUT2D eigenvalue weighted by Gasteiger charge is 2.43. The van der Waals surface area contributed by atoms with Gasteiger partial charge in [-0.3, -0.25) is 10.1 Å². The summed E-state index contributed by atoms with van der Waals surface area (Å²) in [5, 5.41) is 2.55. The first-order chi connectivity index (χ1) is 8.39. The lowest BCUT2D eigenvalue weighted by atomic mass is 10.1. The van der Waals surface area contributed by atoms with Crippen molar-refractivity contribution < 1.29 is 13.6 Å². The molecule has 1 unspecified atom stereocenters. The molecule has 1 aromatic heterocycles. The summed E-state index contributed by atoms with van der Waals surface area (Å²) in [5.74, 6) is -2.39. The van der Waals surface area contributed by atoms with E-state index < -0.39 is 24.9 Å². The number of alkyl halides is 2. The fourth-order valence-electron chi connectivity index (χ4n) is 2.00. The van der Waals surface area contributed by atoms with Gasteiger partial charge in [-0.2, -0.15) is 0 Å². The van der Waals surface area contributed by atoms with E-state index in [4.69, 9.17) is 0 Å². The summed E-state index contributed by atoms with van der Waals surface area (Å²) >= 11 is 0. The molecule has 0 radical (unpaired) electrons. The minimum Gasteiger partial charge on any atom is -0.337 e. The van der Waals surface area contributed by atoms with Crippen LogP contribution in [0.1, 0.15) is 12.2 Å². The van der Waals surface area contributed by atoms with E-state index in [2.05, 4.69) is 10.3 Å². The molecule has 0 aromatic carbocycles. The number of amides is 1. The van der Waals surface area contributed by atoms with Crippen molar-refractivity contribution in [1.82, 2.24) is 19.8 Å². The first kappa shape index (κ1) is 12.9. The lowest BCUT2D eigenvalue weighted by Gasteiger charge is -2.20. The van der Waals surface area contributed by atoms with Crippen LogP contribution in [0.15, 0.2) is 12.4 Å². The molecule has 1 amide bonds. The van der Waals surface area contributed by atoms with Crippen LogP contribution in [0.5, 0.6) is 0 Å². The summed E-state index contributed by atoms with van der Waals surface area (Å²) in [6, 6.07) is -0.801. The fourth-order valence-corrected chi connectivity index (χ4v) is 2.00. The van der Waals surface area contributed by atoms with Crippen LogP contribution in [0.25, 0.3) is 0 Å². The van der Waals surface area contributed by atoms with Gasteiger partial charge in [-0.05, 0) is 0 Å². The normalized spacial score (nSPS) is 22.1. The Balaban J connectivity index is 1.96. The van der Waals surface area contributed by atoms with Gasteiger partial charge in [0.15, 0.2) is 0 Å². The number of halogens is 2. The van der Waals surface area contributed by atoms with Crippen molar-refractivity contribution in [2.45, 2.75) is 24.9 Å². The number of likely N-dealkylation sites (N-methyl/N-ethyl adjacent to an activating group) is 1. The molecule has 1 saturated heterocycles. The average molecular weight is 258 g/mol. The van der Waals surface area contributed by atoms with Crippen molar-refractivity contribution >= 4 is 5.91 Å². The van der Waals surface area contributed by atoms with Gasteiger partial charge in [0.1, 0.15) is 5.82 Å². The van der Waals surface area contributed by atoms with Gasteiger partial charge < -0.3 is 9.47 Å². The molecule has 18 heavy (non-hydrogen) atoms. The van der Waals surface area contributed by atoms with Gasteiger partial charge in [-0.1, -0.05) is 0 Å². The molecule has 1 aromatic rings. The maximum absolute atomic E-state index is 13.0. The summed E-state index contributed by atoms with van der Waals surface area (Å²) in [6.45, 7) is -0.119. The minimum absolute atomic E-state index is 0.312. The molecular formula is C11H16F2N4O. The fraction of sp³-hybridized carbons (Fsp3) is 0.636. The zero-order valence-electron chi connectivity index (χ0n) is 10.4. The van der Waals surface area contributed by atoms with E-state index in [1.165, 1.54) is 4.90 Å². The van der Waals surface area contributed by atoms with E-state index in [1.54, 1.807) is 24.0 Å². The molecule has 1 atom stereocenters. The molecule has 0 aliphatic carbocycles. The summed E-state index contributed by atoms with van der Waals surface area (Å²) in [5.41, 5.74) is 0. The van der Waals surface area contributed by atoms with Gasteiger partial charge in [0.2, 0.25) is 5.91 Å². The molecule has 7 heteroatoms. The summed E-state index contributed by atoms with van der Waals surface area (Å²) in [7, 11) is 3.41. The first-order valence-electron chi connectivity index (χ1n) is 5.71. The molecule has 2 rings (SSSR count). The number of aromatic nitrogens is 2. The van der Waals surface area contributed by atoms with Crippen LogP contribution in [0.4, 0.5) is 8.78 Å². The number of nitrogens with one attached hydrogen (secondary N) is 1. The van der Waals surface area contributed by atoms with Crippen molar-refractivity contribution in [2.75, 3.05) is 13.6 Å². The minimum atomic E-state index is -2.79. The van der Waals surface area contributed by atoms with Crippen molar-refractivity contribution in [2.24, 2.45) is 7.05 Å². The average Bonchev–Trinajstić information content (AvgIpc) is 2.84. The molecule has 100 valence electrons. The molecule has 1 fully saturated rings. The molecule has 1 N–H and O–H groups in total. The third kappa shape index (κ3) is 2.66. The van der Waals surface area contributed by atoms with Crippen molar-refractivity contribution in [3.63, 3.8) is 0 Å². The van der Waals surface area contributed by atoms with Crippen LogP contribution in [0.3, 0.4) is 0 Å². The third-order valence-electron chi connectivity index (χ3n) is 3.08. The van der Waals surface area contributed by atoms with Crippen LogP contribution < -0.4 is 5.32 Å². The van der Waals surface area contributed by atoms with E-state index in [0.29, 0.717) is 6.54 Å². The number of rotatable bonds is 3. The Hall–Kier alpha value is -1.50. The molecular weight excluding hydrogens is 242 g/mol. The van der Waals surface area contributed by atoms with E-state index in [-0.39, 0.29) is 5.91 Å². The molecule has 2 heterocycles. The number of carbonyl (C=O) groups is 1. The van der Waals surface area contributed by atoms with Crippen LogP contribution in [-0.2, 0) is 18.4 Å². The Bertz CT molecular complexity index is 446. The molecule has 0 spiro atoms. The number of nitrogens with zero attached hydrogens (tertiary/aromatic N) is 3. The number of aryl methyl sites for hydroxylation is 1. The quantitative estimate of drug-likeness (QED) is 0.852. The molecule has 5 nitrogen and oxygen atoms in total. The second kappa shape index (κ2) is 4.64. The smallest absolute Gasteiger partial charge is 0.262 e. The Morgan fingerprint density at radius 3 is 2.94 bits per heavy atom. The van der Waals surface area contributed by atoms with Crippen LogP contribution in [0, 0.1) is 0 Å². The van der Waals surface area contributed by atoms with Crippen molar-refractivity contribution in [1.29, 1.82) is 0 Å². The summed E-state index contributed by atoms with van der Waals surface area (Å²) in [6.07, 6.45) is 2.97. The topological polar surface area (TPSA) is 50.2 Å². The molecule has 1 aliphatic heterocycles. The van der Waals surface area contributed by atoms with Gasteiger partial charge >= 0.3 is 0 Å². The monoisotopic (exact) mass is 258 g/mol. The van der Waals surface area contributed by atoms with Gasteiger partial charge in [0, 0.05) is 32.9 Å². The Morgan fingerprint density at radius 1 is 1.72 bits per heavy atom. The highest BCUT2D eigenvalue weighted by molar-refractivity contribution is 5.82. The van der Waals surface area contributed by atoms with E-state index in [0.717, 1.165) is 5.82 Å². The van der Waals surface area contributed by atoms with Gasteiger partial charge in [-0.15, -0.1) is 0 Å². The highest BCUT2D eigenvalue weighted by Crippen LogP contribution is 2.25. The zero-order valence-corrected chi connectivity index (χ0v) is 10.4. The third-order valence-corrected chi connectivity index (χ3v) is 3.08. The van der Waals surface area contributed by atoms with Gasteiger partial charge in [0.05, 0.1) is 19.1 Å².